The van der Waals surface area contributed by atoms with Gasteiger partial charge in [0, 0.05) is 10.2 Å². The van der Waals surface area contributed by atoms with Crippen LogP contribution >= 0.6 is 39.1 Å². The quantitative estimate of drug-likeness (QED) is 0.886. The van der Waals surface area contributed by atoms with Gasteiger partial charge in [-0.3, -0.25) is 4.79 Å². The van der Waals surface area contributed by atoms with Gasteiger partial charge in [-0.2, -0.15) is 0 Å². The number of aromatic nitrogens is 2. The Bertz CT molecular complexity index is 615. The fourth-order valence-electron chi connectivity index (χ4n) is 1.49. The fourth-order valence-corrected chi connectivity index (χ4v) is 2.71. The SMILES string of the molecule is CC(C)c1nnsc1C(=O)Nc1ccc(Cl)c(Br)c1. The molecule has 1 heterocycles. The highest BCUT2D eigenvalue weighted by Crippen LogP contribution is 2.26. The molecule has 2 rings (SSSR count). The molecule has 1 aromatic carbocycles. The van der Waals surface area contributed by atoms with Crippen molar-refractivity contribution in [2.75, 3.05) is 5.32 Å². The molecule has 0 aliphatic rings. The molecule has 7 heteroatoms. The van der Waals surface area contributed by atoms with Crippen LogP contribution in [0.3, 0.4) is 0 Å². The molecule has 2 aromatic rings. The van der Waals surface area contributed by atoms with Crippen LogP contribution in [0.25, 0.3) is 0 Å². The van der Waals surface area contributed by atoms with E-state index in [-0.39, 0.29) is 11.8 Å². The summed E-state index contributed by atoms with van der Waals surface area (Å²) in [4.78, 5) is 12.7. The number of nitrogens with one attached hydrogen (secondary N) is 1. The summed E-state index contributed by atoms with van der Waals surface area (Å²) < 4.78 is 4.57. The number of hydrogen-bond acceptors (Lipinski definition) is 4. The van der Waals surface area contributed by atoms with Crippen molar-refractivity contribution in [3.05, 3.63) is 38.3 Å². The average Bonchev–Trinajstić information content (AvgIpc) is 2.83. The number of carbonyl (C=O) groups excluding carboxylic acids is 1. The van der Waals surface area contributed by atoms with Crippen molar-refractivity contribution in [3.8, 4) is 0 Å². The second kappa shape index (κ2) is 5.98. The lowest BCUT2D eigenvalue weighted by molar-refractivity contribution is 0.102. The zero-order chi connectivity index (χ0) is 14.0. The zero-order valence-corrected chi connectivity index (χ0v) is 13.4. The maximum atomic E-state index is 12.2. The summed E-state index contributed by atoms with van der Waals surface area (Å²) in [6.45, 7) is 3.96. The van der Waals surface area contributed by atoms with Gasteiger partial charge >= 0.3 is 0 Å². The summed E-state index contributed by atoms with van der Waals surface area (Å²) in [7, 11) is 0. The molecule has 0 fully saturated rings. The Morgan fingerprint density at radius 1 is 1.47 bits per heavy atom. The summed E-state index contributed by atoms with van der Waals surface area (Å²) in [5.41, 5.74) is 1.39. The Morgan fingerprint density at radius 2 is 2.21 bits per heavy atom. The lowest BCUT2D eigenvalue weighted by Crippen LogP contribution is -2.13. The third-order valence-electron chi connectivity index (χ3n) is 2.44. The van der Waals surface area contributed by atoms with Crippen molar-refractivity contribution in [2.24, 2.45) is 0 Å². The van der Waals surface area contributed by atoms with Gasteiger partial charge in [-0.25, -0.2) is 0 Å². The van der Waals surface area contributed by atoms with Gasteiger partial charge in [0.15, 0.2) is 0 Å². The Labute approximate surface area is 128 Å². The molecule has 1 aromatic heterocycles. The van der Waals surface area contributed by atoms with Crippen molar-refractivity contribution >= 4 is 50.7 Å². The average molecular weight is 361 g/mol. The van der Waals surface area contributed by atoms with Crippen molar-refractivity contribution in [1.82, 2.24) is 9.59 Å². The normalized spacial score (nSPS) is 10.8. The Morgan fingerprint density at radius 3 is 2.84 bits per heavy atom. The van der Waals surface area contributed by atoms with E-state index in [0.29, 0.717) is 15.6 Å². The summed E-state index contributed by atoms with van der Waals surface area (Å²) >= 11 is 10.3. The van der Waals surface area contributed by atoms with Gasteiger partial charge in [-0.15, -0.1) is 5.10 Å². The molecular formula is C12H11BrClN3OS. The highest BCUT2D eigenvalue weighted by atomic mass is 79.9. The van der Waals surface area contributed by atoms with Gasteiger partial charge in [-0.05, 0) is 51.6 Å². The summed E-state index contributed by atoms with van der Waals surface area (Å²) in [6, 6.07) is 5.22. The molecule has 0 saturated carbocycles. The summed E-state index contributed by atoms with van der Waals surface area (Å²) in [5, 5.41) is 7.40. The molecule has 1 amide bonds. The number of rotatable bonds is 3. The molecule has 0 bridgehead atoms. The van der Waals surface area contributed by atoms with Gasteiger partial charge < -0.3 is 5.32 Å². The topological polar surface area (TPSA) is 54.9 Å². The minimum absolute atomic E-state index is 0.163. The van der Waals surface area contributed by atoms with Crippen molar-refractivity contribution < 1.29 is 4.79 Å². The highest BCUT2D eigenvalue weighted by molar-refractivity contribution is 9.10. The van der Waals surface area contributed by atoms with Gasteiger partial charge in [-0.1, -0.05) is 29.9 Å². The number of anilines is 1. The molecule has 1 N–H and O–H groups in total. The van der Waals surface area contributed by atoms with Crippen molar-refractivity contribution in [3.63, 3.8) is 0 Å². The summed E-state index contributed by atoms with van der Waals surface area (Å²) in [6.07, 6.45) is 0. The van der Waals surface area contributed by atoms with Crippen LogP contribution in [0, 0.1) is 0 Å². The largest absolute Gasteiger partial charge is 0.321 e. The van der Waals surface area contributed by atoms with E-state index in [1.165, 1.54) is 0 Å². The van der Waals surface area contributed by atoms with Gasteiger partial charge in [0.05, 0.1) is 10.7 Å². The first-order chi connectivity index (χ1) is 8.99. The van der Waals surface area contributed by atoms with E-state index >= 15 is 0 Å². The van der Waals surface area contributed by atoms with E-state index < -0.39 is 0 Å². The van der Waals surface area contributed by atoms with E-state index in [0.717, 1.165) is 21.7 Å². The molecule has 0 atom stereocenters. The van der Waals surface area contributed by atoms with Gasteiger partial charge in [0.1, 0.15) is 4.88 Å². The van der Waals surface area contributed by atoms with E-state index in [9.17, 15) is 4.79 Å². The lowest BCUT2D eigenvalue weighted by Gasteiger charge is -2.07. The predicted octanol–water partition coefficient (Wildman–Crippen LogP) is 4.33. The lowest BCUT2D eigenvalue weighted by atomic mass is 10.1. The van der Waals surface area contributed by atoms with E-state index in [1.54, 1.807) is 18.2 Å². The molecule has 0 saturated heterocycles. The molecule has 0 radical (unpaired) electrons. The van der Waals surface area contributed by atoms with Crippen molar-refractivity contribution in [1.29, 1.82) is 0 Å². The second-order valence-corrected chi connectivity index (χ2v) is 6.24. The molecule has 100 valence electrons. The second-order valence-electron chi connectivity index (χ2n) is 4.23. The standard InChI is InChI=1S/C12H11BrClN3OS/c1-6(2)10-11(19-17-16-10)12(18)15-7-3-4-9(14)8(13)5-7/h3-6H,1-2H3,(H,15,18). The minimum atomic E-state index is -0.201. The number of hydrogen-bond donors (Lipinski definition) is 1. The first-order valence-electron chi connectivity index (χ1n) is 5.57. The van der Waals surface area contributed by atoms with Gasteiger partial charge in [0.2, 0.25) is 0 Å². The monoisotopic (exact) mass is 359 g/mol. The molecule has 0 spiro atoms. The van der Waals surface area contributed by atoms with Crippen LogP contribution in [0.5, 0.6) is 0 Å². The predicted molar refractivity (Wildman–Crippen MR) is 81.1 cm³/mol. The van der Waals surface area contributed by atoms with Crippen LogP contribution in [-0.2, 0) is 0 Å². The molecule has 0 unspecified atom stereocenters. The van der Waals surface area contributed by atoms with Crippen molar-refractivity contribution in [2.45, 2.75) is 19.8 Å². The Balaban J connectivity index is 2.21. The number of halogens is 2. The fraction of sp³-hybridized carbons (Fsp3) is 0.250. The van der Waals surface area contributed by atoms with Gasteiger partial charge in [0.25, 0.3) is 5.91 Å². The number of carbonyl (C=O) groups is 1. The van der Waals surface area contributed by atoms with Crippen LogP contribution in [0.1, 0.15) is 35.1 Å². The summed E-state index contributed by atoms with van der Waals surface area (Å²) in [5.74, 6) is -0.0376. The van der Waals surface area contributed by atoms with Crippen LogP contribution in [0.2, 0.25) is 5.02 Å². The maximum absolute atomic E-state index is 12.2. The minimum Gasteiger partial charge on any atom is -0.321 e. The molecule has 19 heavy (non-hydrogen) atoms. The third kappa shape index (κ3) is 3.32. The Hall–Kier alpha value is -0.980. The number of amides is 1. The molecule has 0 aliphatic carbocycles. The molecular weight excluding hydrogens is 350 g/mol. The molecule has 4 nitrogen and oxygen atoms in total. The number of nitrogens with zero attached hydrogens (tertiary/aromatic N) is 2. The first-order valence-corrected chi connectivity index (χ1v) is 7.52. The van der Waals surface area contributed by atoms with E-state index in [1.807, 2.05) is 13.8 Å². The Kier molecular flexibility index (Phi) is 4.54. The number of benzene rings is 1. The smallest absolute Gasteiger partial charge is 0.269 e. The van der Waals surface area contributed by atoms with Crippen LogP contribution in [0.4, 0.5) is 5.69 Å². The van der Waals surface area contributed by atoms with Crippen LogP contribution < -0.4 is 5.32 Å². The van der Waals surface area contributed by atoms with E-state index in [4.69, 9.17) is 11.6 Å². The van der Waals surface area contributed by atoms with Crippen LogP contribution in [0.15, 0.2) is 22.7 Å². The van der Waals surface area contributed by atoms with Crippen LogP contribution in [-0.4, -0.2) is 15.5 Å². The highest BCUT2D eigenvalue weighted by Gasteiger charge is 2.18. The third-order valence-corrected chi connectivity index (χ3v) is 4.40. The first kappa shape index (κ1) is 14.4. The zero-order valence-electron chi connectivity index (χ0n) is 10.3. The van der Waals surface area contributed by atoms with E-state index in [2.05, 4.69) is 30.8 Å². The molecule has 0 aliphatic heterocycles. The maximum Gasteiger partial charge on any atom is 0.269 e.